The van der Waals surface area contributed by atoms with Crippen molar-refractivity contribution < 1.29 is 5.11 Å². The molecule has 2 rings (SSSR count). The van der Waals surface area contributed by atoms with Gasteiger partial charge in [-0.1, -0.05) is 43.7 Å². The fourth-order valence-corrected chi connectivity index (χ4v) is 2.31. The largest absolute Gasteiger partial charge is 0.392 e. The fourth-order valence-electron chi connectivity index (χ4n) is 2.31. The number of aliphatic hydroxyl groups is 1. The molecule has 0 saturated heterocycles. The monoisotopic (exact) mass is 273 g/mol. The average Bonchev–Trinajstić information content (AvgIpc) is 2.81. The highest BCUT2D eigenvalue weighted by Gasteiger charge is 2.10. The molecule has 1 unspecified atom stereocenters. The lowest BCUT2D eigenvalue weighted by Gasteiger charge is -2.10. The normalized spacial score (nSPS) is 12.6. The summed E-state index contributed by atoms with van der Waals surface area (Å²) in [5.41, 5.74) is 3.28. The molecule has 2 aromatic rings. The summed E-state index contributed by atoms with van der Waals surface area (Å²) in [6.07, 6.45) is 3.61. The lowest BCUT2D eigenvalue weighted by atomic mass is 10.1. The van der Waals surface area contributed by atoms with E-state index in [-0.39, 0.29) is 6.10 Å². The van der Waals surface area contributed by atoms with Crippen LogP contribution >= 0.6 is 0 Å². The SMILES string of the molecule is CCCC(O)CNCc1cn(C)nc1-c1ccccc1. The van der Waals surface area contributed by atoms with Crippen LogP contribution < -0.4 is 5.32 Å². The zero-order valence-corrected chi connectivity index (χ0v) is 12.2. The highest BCUT2D eigenvalue weighted by molar-refractivity contribution is 5.62. The number of hydrogen-bond acceptors (Lipinski definition) is 3. The standard InChI is InChI=1S/C16H23N3O/c1-3-7-15(20)11-17-10-14-12-19(2)18-16(14)13-8-5-4-6-9-13/h4-6,8-9,12,15,17,20H,3,7,10-11H2,1-2H3. The van der Waals surface area contributed by atoms with E-state index >= 15 is 0 Å². The quantitative estimate of drug-likeness (QED) is 0.814. The van der Waals surface area contributed by atoms with Gasteiger partial charge in [0, 0.05) is 37.5 Å². The second-order valence-corrected chi connectivity index (χ2v) is 5.12. The van der Waals surface area contributed by atoms with Crippen molar-refractivity contribution in [2.75, 3.05) is 6.54 Å². The fraction of sp³-hybridized carbons (Fsp3) is 0.438. The van der Waals surface area contributed by atoms with Crippen LogP contribution in [0.2, 0.25) is 0 Å². The molecule has 1 aromatic carbocycles. The highest BCUT2D eigenvalue weighted by Crippen LogP contribution is 2.21. The third-order valence-corrected chi connectivity index (χ3v) is 3.27. The molecular weight excluding hydrogens is 250 g/mol. The van der Waals surface area contributed by atoms with Crippen molar-refractivity contribution in [3.63, 3.8) is 0 Å². The van der Waals surface area contributed by atoms with Crippen molar-refractivity contribution in [3.05, 3.63) is 42.1 Å². The summed E-state index contributed by atoms with van der Waals surface area (Å²) in [4.78, 5) is 0. The summed E-state index contributed by atoms with van der Waals surface area (Å²) in [7, 11) is 1.93. The van der Waals surface area contributed by atoms with Gasteiger partial charge in [0.15, 0.2) is 0 Å². The molecule has 2 N–H and O–H groups in total. The van der Waals surface area contributed by atoms with Gasteiger partial charge in [-0.2, -0.15) is 5.10 Å². The van der Waals surface area contributed by atoms with Crippen LogP contribution in [0.25, 0.3) is 11.3 Å². The molecule has 0 spiro atoms. The summed E-state index contributed by atoms with van der Waals surface area (Å²) in [5, 5.41) is 17.6. The van der Waals surface area contributed by atoms with Crippen LogP contribution in [-0.2, 0) is 13.6 Å². The van der Waals surface area contributed by atoms with Crippen LogP contribution in [0.3, 0.4) is 0 Å². The van der Waals surface area contributed by atoms with E-state index in [2.05, 4.69) is 29.5 Å². The maximum atomic E-state index is 9.74. The van der Waals surface area contributed by atoms with Gasteiger partial charge < -0.3 is 10.4 Å². The first-order valence-corrected chi connectivity index (χ1v) is 7.17. The van der Waals surface area contributed by atoms with E-state index in [9.17, 15) is 5.11 Å². The predicted octanol–water partition coefficient (Wildman–Crippen LogP) is 2.34. The molecule has 4 nitrogen and oxygen atoms in total. The molecule has 0 amide bonds. The van der Waals surface area contributed by atoms with Gasteiger partial charge in [-0.05, 0) is 6.42 Å². The molecule has 20 heavy (non-hydrogen) atoms. The van der Waals surface area contributed by atoms with Crippen molar-refractivity contribution in [2.45, 2.75) is 32.4 Å². The van der Waals surface area contributed by atoms with Crippen LogP contribution in [0.5, 0.6) is 0 Å². The number of aryl methyl sites for hydroxylation is 1. The zero-order valence-electron chi connectivity index (χ0n) is 12.2. The van der Waals surface area contributed by atoms with Crippen molar-refractivity contribution in [3.8, 4) is 11.3 Å². The third-order valence-electron chi connectivity index (χ3n) is 3.27. The Labute approximate surface area is 120 Å². The molecule has 1 aromatic heterocycles. The lowest BCUT2D eigenvalue weighted by molar-refractivity contribution is 0.160. The van der Waals surface area contributed by atoms with Crippen molar-refractivity contribution in [1.82, 2.24) is 15.1 Å². The number of hydrogen-bond donors (Lipinski definition) is 2. The van der Waals surface area contributed by atoms with Crippen molar-refractivity contribution >= 4 is 0 Å². The molecule has 108 valence electrons. The van der Waals surface area contributed by atoms with Gasteiger partial charge >= 0.3 is 0 Å². The molecule has 0 bridgehead atoms. The first kappa shape index (κ1) is 14.8. The smallest absolute Gasteiger partial charge is 0.0967 e. The summed E-state index contributed by atoms with van der Waals surface area (Å²) in [6, 6.07) is 10.2. The number of benzene rings is 1. The average molecular weight is 273 g/mol. The Bertz CT molecular complexity index is 522. The summed E-state index contributed by atoms with van der Waals surface area (Å²) in [6.45, 7) is 3.42. The number of rotatable bonds is 7. The molecule has 0 aliphatic rings. The molecule has 0 radical (unpaired) electrons. The minimum atomic E-state index is -0.267. The second kappa shape index (κ2) is 7.22. The Morgan fingerprint density at radius 1 is 1.30 bits per heavy atom. The maximum absolute atomic E-state index is 9.74. The Balaban J connectivity index is 2.02. The van der Waals surface area contributed by atoms with Crippen LogP contribution in [0.4, 0.5) is 0 Å². The molecule has 0 saturated carbocycles. The number of aliphatic hydroxyl groups excluding tert-OH is 1. The Morgan fingerprint density at radius 3 is 2.75 bits per heavy atom. The molecule has 1 heterocycles. The molecular formula is C16H23N3O. The molecule has 1 atom stereocenters. The van der Waals surface area contributed by atoms with Gasteiger partial charge in [0.05, 0.1) is 11.8 Å². The number of aromatic nitrogens is 2. The predicted molar refractivity (Wildman–Crippen MR) is 81.3 cm³/mol. The minimum Gasteiger partial charge on any atom is -0.392 e. The topological polar surface area (TPSA) is 50.1 Å². The Kier molecular flexibility index (Phi) is 5.32. The van der Waals surface area contributed by atoms with E-state index in [4.69, 9.17) is 0 Å². The maximum Gasteiger partial charge on any atom is 0.0967 e. The van der Waals surface area contributed by atoms with Crippen LogP contribution in [0.15, 0.2) is 36.5 Å². The van der Waals surface area contributed by atoms with Crippen LogP contribution in [0, 0.1) is 0 Å². The van der Waals surface area contributed by atoms with E-state index in [1.807, 2.05) is 36.1 Å². The summed E-state index contributed by atoms with van der Waals surface area (Å²) < 4.78 is 1.84. The zero-order chi connectivity index (χ0) is 14.4. The Hall–Kier alpha value is -1.65. The highest BCUT2D eigenvalue weighted by atomic mass is 16.3. The van der Waals surface area contributed by atoms with Gasteiger partial charge in [0.2, 0.25) is 0 Å². The summed E-state index contributed by atoms with van der Waals surface area (Å²) >= 11 is 0. The number of nitrogens with one attached hydrogen (secondary N) is 1. The first-order chi connectivity index (χ1) is 9.70. The van der Waals surface area contributed by atoms with E-state index in [0.29, 0.717) is 6.54 Å². The van der Waals surface area contributed by atoms with E-state index in [0.717, 1.165) is 36.2 Å². The van der Waals surface area contributed by atoms with E-state index in [1.54, 1.807) is 0 Å². The van der Waals surface area contributed by atoms with Crippen molar-refractivity contribution in [2.24, 2.45) is 7.05 Å². The van der Waals surface area contributed by atoms with Gasteiger partial charge in [-0.15, -0.1) is 0 Å². The van der Waals surface area contributed by atoms with Gasteiger partial charge in [0.1, 0.15) is 0 Å². The minimum absolute atomic E-state index is 0.267. The first-order valence-electron chi connectivity index (χ1n) is 7.17. The van der Waals surface area contributed by atoms with Gasteiger partial charge in [-0.25, -0.2) is 0 Å². The van der Waals surface area contributed by atoms with Crippen molar-refractivity contribution in [1.29, 1.82) is 0 Å². The summed E-state index contributed by atoms with van der Waals surface area (Å²) in [5.74, 6) is 0. The van der Waals surface area contributed by atoms with Gasteiger partial charge in [-0.3, -0.25) is 4.68 Å². The van der Waals surface area contributed by atoms with E-state index < -0.39 is 0 Å². The molecule has 0 aliphatic carbocycles. The molecule has 0 fully saturated rings. The van der Waals surface area contributed by atoms with E-state index in [1.165, 1.54) is 0 Å². The van der Waals surface area contributed by atoms with Gasteiger partial charge in [0.25, 0.3) is 0 Å². The lowest BCUT2D eigenvalue weighted by Crippen LogP contribution is -2.26. The molecule has 0 aliphatic heterocycles. The second-order valence-electron chi connectivity index (χ2n) is 5.12. The Morgan fingerprint density at radius 2 is 2.05 bits per heavy atom. The molecule has 4 heteroatoms. The van der Waals surface area contributed by atoms with Crippen LogP contribution in [-0.4, -0.2) is 27.5 Å². The van der Waals surface area contributed by atoms with Crippen LogP contribution in [0.1, 0.15) is 25.3 Å². The number of nitrogens with zero attached hydrogens (tertiary/aromatic N) is 2. The third kappa shape index (κ3) is 3.92.